The van der Waals surface area contributed by atoms with Crippen molar-refractivity contribution in [1.82, 2.24) is 9.80 Å². The van der Waals surface area contributed by atoms with Crippen molar-refractivity contribution in [3.8, 4) is 0 Å². The van der Waals surface area contributed by atoms with Gasteiger partial charge in [-0.1, -0.05) is 6.92 Å². The van der Waals surface area contributed by atoms with E-state index in [9.17, 15) is 14.4 Å². The van der Waals surface area contributed by atoms with Crippen LogP contribution in [0.25, 0.3) is 0 Å². The lowest BCUT2D eigenvalue weighted by Gasteiger charge is -2.25. The monoisotopic (exact) mass is 244 g/mol. The third kappa shape index (κ3) is 3.93. The zero-order chi connectivity index (χ0) is 13.0. The summed E-state index contributed by atoms with van der Waals surface area (Å²) in [7, 11) is 0. The minimum absolute atomic E-state index is 0.371. The van der Waals surface area contributed by atoms with E-state index in [1.807, 2.05) is 6.92 Å². The van der Waals surface area contributed by atoms with Crippen LogP contribution in [0.3, 0.4) is 0 Å². The van der Waals surface area contributed by atoms with Crippen molar-refractivity contribution in [2.75, 3.05) is 26.2 Å². The molecule has 0 aromatic heterocycles. The van der Waals surface area contributed by atoms with Crippen molar-refractivity contribution >= 4 is 18.0 Å². The number of hydrogen-bond donors (Lipinski definition) is 2. The van der Waals surface area contributed by atoms with Crippen LogP contribution in [0.2, 0.25) is 0 Å². The summed E-state index contributed by atoms with van der Waals surface area (Å²) in [6, 6.07) is -0.515. The maximum absolute atomic E-state index is 11.9. The molecule has 1 aliphatic rings. The Bertz CT molecular complexity index is 315. The van der Waals surface area contributed by atoms with Crippen LogP contribution < -0.4 is 0 Å². The number of hydrogen-bond acceptors (Lipinski definition) is 3. The highest BCUT2D eigenvalue weighted by molar-refractivity contribution is 5.84. The van der Waals surface area contributed by atoms with Gasteiger partial charge in [0.2, 0.25) is 0 Å². The molecule has 0 spiro atoms. The predicted octanol–water partition coefficient (Wildman–Crippen LogP) is -0.0806. The van der Waals surface area contributed by atoms with Gasteiger partial charge in [0.25, 0.3) is 0 Å². The Morgan fingerprint density at radius 2 is 1.76 bits per heavy atom. The van der Waals surface area contributed by atoms with Crippen LogP contribution >= 0.6 is 0 Å². The summed E-state index contributed by atoms with van der Waals surface area (Å²) in [4.78, 5) is 35.4. The lowest BCUT2D eigenvalue weighted by molar-refractivity contribution is -0.140. The Morgan fingerprint density at radius 3 is 2.12 bits per heavy atom. The average molecular weight is 244 g/mol. The quantitative estimate of drug-likeness (QED) is 0.720. The molecule has 1 atom stereocenters. The smallest absolute Gasteiger partial charge is 0.323 e. The van der Waals surface area contributed by atoms with Crippen LogP contribution in [0.4, 0.5) is 4.79 Å². The number of likely N-dealkylation sites (tertiary alicyclic amines) is 1. The van der Waals surface area contributed by atoms with Crippen molar-refractivity contribution in [1.29, 1.82) is 0 Å². The molecule has 0 aliphatic carbocycles. The number of urea groups is 1. The molecule has 96 valence electrons. The van der Waals surface area contributed by atoms with Crippen LogP contribution in [0.1, 0.15) is 13.3 Å². The first kappa shape index (κ1) is 13.3. The molecule has 0 aromatic rings. The third-order valence-electron chi connectivity index (χ3n) is 2.62. The molecule has 7 nitrogen and oxygen atoms in total. The van der Waals surface area contributed by atoms with Crippen LogP contribution in [0.5, 0.6) is 0 Å². The fourth-order valence-corrected chi connectivity index (χ4v) is 1.83. The number of aliphatic carboxylic acids is 2. The van der Waals surface area contributed by atoms with E-state index in [0.717, 1.165) is 11.3 Å². The molecule has 0 saturated carbocycles. The number of carboxylic acids is 2. The summed E-state index contributed by atoms with van der Waals surface area (Å²) in [5.74, 6) is -2.06. The molecular weight excluding hydrogens is 228 g/mol. The van der Waals surface area contributed by atoms with Gasteiger partial charge in [0.05, 0.1) is 0 Å². The van der Waals surface area contributed by atoms with Crippen molar-refractivity contribution in [2.24, 2.45) is 5.92 Å². The third-order valence-corrected chi connectivity index (χ3v) is 2.62. The SMILES string of the molecule is CC1CCN(C(=O)N(CC(=O)O)CC(=O)O)C1. The molecular formula is C10H16N2O5. The Balaban J connectivity index is 2.64. The number of nitrogens with zero attached hydrogens (tertiary/aromatic N) is 2. The Kier molecular flexibility index (Phi) is 4.30. The van der Waals surface area contributed by atoms with Crippen molar-refractivity contribution in [2.45, 2.75) is 13.3 Å². The van der Waals surface area contributed by atoms with Gasteiger partial charge in [-0.15, -0.1) is 0 Å². The van der Waals surface area contributed by atoms with Gasteiger partial charge < -0.3 is 20.0 Å². The van der Waals surface area contributed by atoms with E-state index in [0.29, 0.717) is 19.0 Å². The average Bonchev–Trinajstić information content (AvgIpc) is 2.61. The van der Waals surface area contributed by atoms with Gasteiger partial charge in [-0.25, -0.2) is 4.79 Å². The van der Waals surface area contributed by atoms with E-state index >= 15 is 0 Å². The van der Waals surface area contributed by atoms with E-state index < -0.39 is 31.1 Å². The summed E-state index contributed by atoms with van der Waals surface area (Å²) in [6.45, 7) is 1.92. The molecule has 17 heavy (non-hydrogen) atoms. The lowest BCUT2D eigenvalue weighted by atomic mass is 10.2. The highest BCUT2D eigenvalue weighted by Crippen LogP contribution is 2.16. The molecule has 1 rings (SSSR count). The molecule has 1 aliphatic heterocycles. The van der Waals surface area contributed by atoms with Crippen molar-refractivity contribution < 1.29 is 24.6 Å². The molecule has 0 bridgehead atoms. The summed E-state index contributed by atoms with van der Waals surface area (Å²) >= 11 is 0. The standard InChI is InChI=1S/C10H16N2O5/c1-7-2-3-11(4-7)10(17)12(5-8(13)14)6-9(15)16/h7H,2-6H2,1H3,(H,13,14)(H,15,16). The highest BCUT2D eigenvalue weighted by Gasteiger charge is 2.29. The number of carbonyl (C=O) groups is 3. The molecule has 1 unspecified atom stereocenters. The van der Waals surface area contributed by atoms with E-state index in [-0.39, 0.29) is 0 Å². The molecule has 1 saturated heterocycles. The van der Waals surface area contributed by atoms with Gasteiger partial charge in [0.1, 0.15) is 13.1 Å². The fourth-order valence-electron chi connectivity index (χ4n) is 1.83. The van der Waals surface area contributed by atoms with Crippen LogP contribution in [-0.2, 0) is 9.59 Å². The largest absolute Gasteiger partial charge is 0.480 e. The maximum atomic E-state index is 11.9. The number of carbonyl (C=O) groups excluding carboxylic acids is 1. The zero-order valence-electron chi connectivity index (χ0n) is 9.63. The number of carboxylic acid groups (broad SMARTS) is 2. The second-order valence-electron chi connectivity index (χ2n) is 4.27. The van der Waals surface area contributed by atoms with Crippen molar-refractivity contribution in [3.63, 3.8) is 0 Å². The zero-order valence-corrected chi connectivity index (χ0v) is 9.63. The van der Waals surface area contributed by atoms with Gasteiger partial charge in [0, 0.05) is 13.1 Å². The normalized spacial score (nSPS) is 19.1. The Hall–Kier alpha value is -1.79. The van der Waals surface area contributed by atoms with E-state index in [2.05, 4.69) is 0 Å². The van der Waals surface area contributed by atoms with Gasteiger partial charge in [-0.3, -0.25) is 9.59 Å². The number of amides is 2. The summed E-state index contributed by atoms with van der Waals surface area (Å²) in [6.07, 6.45) is 0.861. The molecule has 2 N–H and O–H groups in total. The van der Waals surface area contributed by atoms with Gasteiger partial charge in [-0.05, 0) is 12.3 Å². The first-order chi connectivity index (χ1) is 7.90. The topological polar surface area (TPSA) is 98.2 Å². The van der Waals surface area contributed by atoms with E-state index in [1.54, 1.807) is 0 Å². The summed E-state index contributed by atoms with van der Waals surface area (Å²) < 4.78 is 0. The van der Waals surface area contributed by atoms with E-state index in [4.69, 9.17) is 10.2 Å². The van der Waals surface area contributed by atoms with Crippen molar-refractivity contribution in [3.05, 3.63) is 0 Å². The van der Waals surface area contributed by atoms with Gasteiger partial charge >= 0.3 is 18.0 Å². The summed E-state index contributed by atoms with van der Waals surface area (Å²) in [5.41, 5.74) is 0. The maximum Gasteiger partial charge on any atom is 0.323 e. The highest BCUT2D eigenvalue weighted by atomic mass is 16.4. The fraction of sp³-hybridized carbons (Fsp3) is 0.700. The molecule has 1 heterocycles. The first-order valence-electron chi connectivity index (χ1n) is 5.37. The van der Waals surface area contributed by atoms with Gasteiger partial charge in [-0.2, -0.15) is 0 Å². The minimum atomic E-state index is -1.22. The molecule has 0 radical (unpaired) electrons. The van der Waals surface area contributed by atoms with Gasteiger partial charge in [0.15, 0.2) is 0 Å². The Morgan fingerprint density at radius 1 is 1.24 bits per heavy atom. The predicted molar refractivity (Wildman–Crippen MR) is 57.6 cm³/mol. The first-order valence-corrected chi connectivity index (χ1v) is 5.37. The lowest BCUT2D eigenvalue weighted by Crippen LogP contribution is -2.46. The second kappa shape index (κ2) is 5.51. The minimum Gasteiger partial charge on any atom is -0.480 e. The molecule has 7 heteroatoms. The van der Waals surface area contributed by atoms with Crippen LogP contribution in [-0.4, -0.2) is 64.2 Å². The number of rotatable bonds is 4. The molecule has 0 aromatic carbocycles. The van der Waals surface area contributed by atoms with Crippen LogP contribution in [0.15, 0.2) is 0 Å². The van der Waals surface area contributed by atoms with E-state index in [1.165, 1.54) is 4.90 Å². The molecule has 2 amide bonds. The molecule has 1 fully saturated rings. The summed E-state index contributed by atoms with van der Waals surface area (Å²) in [5, 5.41) is 17.3. The van der Waals surface area contributed by atoms with Crippen LogP contribution in [0, 0.1) is 5.92 Å². The Labute approximate surface area is 98.6 Å². The second-order valence-corrected chi connectivity index (χ2v) is 4.27.